The first kappa shape index (κ1) is 11.0. The molecule has 3 nitrogen and oxygen atoms in total. The molecule has 0 bridgehead atoms. The van der Waals surface area contributed by atoms with Crippen LogP contribution in [0.15, 0.2) is 18.2 Å². The van der Waals surface area contributed by atoms with Crippen LogP contribution in [0.3, 0.4) is 0 Å². The first-order valence-electron chi connectivity index (χ1n) is 5.05. The van der Waals surface area contributed by atoms with Crippen molar-refractivity contribution < 1.29 is 9.53 Å². The number of rotatable bonds is 2. The SMILES string of the molecule is CCc1cc(Cl)c2cc(C(=O)OC)[nH]c2c1. The van der Waals surface area contributed by atoms with Gasteiger partial charge in [0.25, 0.3) is 0 Å². The smallest absolute Gasteiger partial charge is 0.354 e. The van der Waals surface area contributed by atoms with Crippen molar-refractivity contribution in [3.63, 3.8) is 0 Å². The number of fused-ring (bicyclic) bond motifs is 1. The number of methoxy groups -OCH3 is 1. The summed E-state index contributed by atoms with van der Waals surface area (Å²) in [6.45, 7) is 2.06. The molecular weight excluding hydrogens is 226 g/mol. The number of nitrogens with one attached hydrogen (secondary N) is 1. The molecule has 1 heterocycles. The normalized spacial score (nSPS) is 10.7. The Bertz CT molecular complexity index is 545. The van der Waals surface area contributed by atoms with Crippen molar-refractivity contribution in [3.05, 3.63) is 34.5 Å². The number of carbonyl (C=O) groups is 1. The Labute approximate surface area is 98.4 Å². The van der Waals surface area contributed by atoms with Crippen LogP contribution in [0.25, 0.3) is 10.9 Å². The molecule has 16 heavy (non-hydrogen) atoms. The highest BCUT2D eigenvalue weighted by molar-refractivity contribution is 6.35. The highest BCUT2D eigenvalue weighted by Crippen LogP contribution is 2.26. The summed E-state index contributed by atoms with van der Waals surface area (Å²) in [5.41, 5.74) is 2.42. The molecule has 4 heteroatoms. The maximum Gasteiger partial charge on any atom is 0.354 e. The van der Waals surface area contributed by atoms with E-state index in [1.54, 1.807) is 6.07 Å². The van der Waals surface area contributed by atoms with E-state index in [2.05, 4.69) is 16.6 Å². The molecule has 1 N–H and O–H groups in total. The van der Waals surface area contributed by atoms with Crippen LogP contribution in [0.5, 0.6) is 0 Å². The number of benzene rings is 1. The summed E-state index contributed by atoms with van der Waals surface area (Å²) in [5.74, 6) is -0.384. The third kappa shape index (κ3) is 1.78. The molecule has 2 aromatic rings. The lowest BCUT2D eigenvalue weighted by molar-refractivity contribution is 0.0595. The lowest BCUT2D eigenvalue weighted by atomic mass is 10.1. The number of ether oxygens (including phenoxy) is 1. The third-order valence-corrected chi connectivity index (χ3v) is 2.87. The Morgan fingerprint density at radius 1 is 1.44 bits per heavy atom. The van der Waals surface area contributed by atoms with E-state index in [0.717, 1.165) is 22.9 Å². The van der Waals surface area contributed by atoms with Crippen LogP contribution >= 0.6 is 11.6 Å². The number of aryl methyl sites for hydroxylation is 1. The fraction of sp³-hybridized carbons (Fsp3) is 0.250. The monoisotopic (exact) mass is 237 g/mol. The van der Waals surface area contributed by atoms with Gasteiger partial charge in [-0.05, 0) is 30.2 Å². The summed E-state index contributed by atoms with van der Waals surface area (Å²) >= 11 is 6.13. The molecule has 0 aliphatic carbocycles. The van der Waals surface area contributed by atoms with Gasteiger partial charge in [-0.3, -0.25) is 0 Å². The van der Waals surface area contributed by atoms with E-state index >= 15 is 0 Å². The van der Waals surface area contributed by atoms with Gasteiger partial charge in [-0.1, -0.05) is 18.5 Å². The molecule has 84 valence electrons. The van der Waals surface area contributed by atoms with Gasteiger partial charge in [-0.15, -0.1) is 0 Å². The van der Waals surface area contributed by atoms with Gasteiger partial charge in [-0.2, -0.15) is 0 Å². The highest BCUT2D eigenvalue weighted by Gasteiger charge is 2.11. The number of H-pyrrole nitrogens is 1. The van der Waals surface area contributed by atoms with Gasteiger partial charge in [-0.25, -0.2) is 4.79 Å². The predicted molar refractivity (Wildman–Crippen MR) is 64.0 cm³/mol. The van der Waals surface area contributed by atoms with Crippen molar-refractivity contribution in [1.29, 1.82) is 0 Å². The number of aromatic nitrogens is 1. The Morgan fingerprint density at radius 3 is 2.81 bits per heavy atom. The average molecular weight is 238 g/mol. The molecule has 0 aliphatic rings. The van der Waals surface area contributed by atoms with E-state index in [-0.39, 0.29) is 5.97 Å². The van der Waals surface area contributed by atoms with E-state index in [4.69, 9.17) is 11.6 Å². The summed E-state index contributed by atoms with van der Waals surface area (Å²) in [6.07, 6.45) is 0.905. The maximum absolute atomic E-state index is 11.4. The zero-order valence-corrected chi connectivity index (χ0v) is 9.89. The first-order valence-corrected chi connectivity index (χ1v) is 5.43. The molecule has 1 aromatic carbocycles. The summed E-state index contributed by atoms with van der Waals surface area (Å²) in [5, 5.41) is 1.50. The number of hydrogen-bond donors (Lipinski definition) is 1. The molecule has 0 amide bonds. The summed E-state index contributed by atoms with van der Waals surface area (Å²) < 4.78 is 4.65. The Kier molecular flexibility index (Phi) is 2.88. The van der Waals surface area contributed by atoms with E-state index in [1.807, 2.05) is 12.1 Å². The van der Waals surface area contributed by atoms with Crippen LogP contribution in [0.1, 0.15) is 23.0 Å². The molecule has 0 aliphatic heterocycles. The molecule has 1 aromatic heterocycles. The van der Waals surface area contributed by atoms with Crippen molar-refractivity contribution in [2.24, 2.45) is 0 Å². The zero-order valence-electron chi connectivity index (χ0n) is 9.13. The second kappa shape index (κ2) is 4.18. The fourth-order valence-electron chi connectivity index (χ4n) is 1.67. The van der Waals surface area contributed by atoms with E-state index in [0.29, 0.717) is 10.7 Å². The number of aromatic amines is 1. The van der Waals surface area contributed by atoms with Crippen LogP contribution in [-0.2, 0) is 11.2 Å². The van der Waals surface area contributed by atoms with E-state index < -0.39 is 0 Å². The Morgan fingerprint density at radius 2 is 2.19 bits per heavy atom. The predicted octanol–water partition coefficient (Wildman–Crippen LogP) is 3.17. The van der Waals surface area contributed by atoms with Crippen molar-refractivity contribution in [2.45, 2.75) is 13.3 Å². The topological polar surface area (TPSA) is 42.1 Å². The molecule has 0 unspecified atom stereocenters. The second-order valence-corrected chi connectivity index (χ2v) is 3.97. The van der Waals surface area contributed by atoms with E-state index in [1.165, 1.54) is 7.11 Å². The second-order valence-electron chi connectivity index (χ2n) is 3.57. The van der Waals surface area contributed by atoms with Crippen LogP contribution in [0.4, 0.5) is 0 Å². The minimum absolute atomic E-state index is 0.384. The standard InChI is InChI=1S/C12H12ClNO2/c1-3-7-4-9(13)8-6-11(12(15)16-2)14-10(8)5-7/h4-6,14H,3H2,1-2H3. The van der Waals surface area contributed by atoms with Crippen LogP contribution in [0.2, 0.25) is 5.02 Å². The van der Waals surface area contributed by atoms with Crippen molar-refractivity contribution in [3.8, 4) is 0 Å². The largest absolute Gasteiger partial charge is 0.464 e. The number of carbonyl (C=O) groups excluding carboxylic acids is 1. The van der Waals surface area contributed by atoms with Crippen molar-refractivity contribution in [1.82, 2.24) is 4.98 Å². The molecule has 0 fully saturated rings. The van der Waals surface area contributed by atoms with Crippen molar-refractivity contribution >= 4 is 28.5 Å². The summed E-state index contributed by atoms with van der Waals surface area (Å²) in [4.78, 5) is 14.4. The number of hydrogen-bond acceptors (Lipinski definition) is 2. The number of esters is 1. The Balaban J connectivity index is 2.61. The van der Waals surface area contributed by atoms with Gasteiger partial charge in [0.1, 0.15) is 5.69 Å². The lowest BCUT2D eigenvalue weighted by Crippen LogP contribution is -2.00. The van der Waals surface area contributed by atoms with Gasteiger partial charge < -0.3 is 9.72 Å². The van der Waals surface area contributed by atoms with Crippen molar-refractivity contribution in [2.75, 3.05) is 7.11 Å². The zero-order chi connectivity index (χ0) is 11.7. The highest BCUT2D eigenvalue weighted by atomic mass is 35.5. The first-order chi connectivity index (χ1) is 7.65. The Hall–Kier alpha value is -1.48. The average Bonchev–Trinajstić information content (AvgIpc) is 2.72. The molecular formula is C12H12ClNO2. The molecule has 0 radical (unpaired) electrons. The molecule has 0 atom stereocenters. The summed E-state index contributed by atoms with van der Waals surface area (Å²) in [6, 6.07) is 5.62. The van der Waals surface area contributed by atoms with E-state index in [9.17, 15) is 4.79 Å². The molecule has 0 saturated heterocycles. The van der Waals surface area contributed by atoms with Gasteiger partial charge in [0.15, 0.2) is 0 Å². The quantitative estimate of drug-likeness (QED) is 0.816. The lowest BCUT2D eigenvalue weighted by Gasteiger charge is -1.98. The van der Waals surface area contributed by atoms with Gasteiger partial charge >= 0.3 is 5.97 Å². The van der Waals surface area contributed by atoms with Gasteiger partial charge in [0.2, 0.25) is 0 Å². The summed E-state index contributed by atoms with van der Waals surface area (Å²) in [7, 11) is 1.35. The van der Waals surface area contributed by atoms with Gasteiger partial charge in [0, 0.05) is 10.9 Å². The van der Waals surface area contributed by atoms with Crippen LogP contribution in [0, 0.1) is 0 Å². The minimum Gasteiger partial charge on any atom is -0.464 e. The number of halogens is 1. The third-order valence-electron chi connectivity index (χ3n) is 2.56. The molecule has 2 rings (SSSR count). The molecule has 0 saturated carbocycles. The fourth-order valence-corrected chi connectivity index (χ4v) is 1.97. The van der Waals surface area contributed by atoms with Gasteiger partial charge in [0.05, 0.1) is 12.1 Å². The molecule has 0 spiro atoms. The maximum atomic E-state index is 11.4. The van der Waals surface area contributed by atoms with Crippen LogP contribution < -0.4 is 0 Å². The van der Waals surface area contributed by atoms with Crippen LogP contribution in [-0.4, -0.2) is 18.1 Å². The minimum atomic E-state index is -0.384.